The number of aliphatic carboxylic acids is 1. The molecule has 8 nitrogen and oxygen atoms in total. The van der Waals surface area contributed by atoms with Gasteiger partial charge in [0.25, 0.3) is 0 Å². The first-order valence-electron chi connectivity index (χ1n) is 11.7. The summed E-state index contributed by atoms with van der Waals surface area (Å²) in [5, 5.41) is 14.7. The highest BCUT2D eigenvalue weighted by atomic mass is 16.5. The summed E-state index contributed by atoms with van der Waals surface area (Å²) in [6.07, 6.45) is -0.173. The predicted molar refractivity (Wildman–Crippen MR) is 128 cm³/mol. The van der Waals surface area contributed by atoms with E-state index in [0.717, 1.165) is 35.2 Å². The van der Waals surface area contributed by atoms with Crippen LogP contribution in [-0.2, 0) is 14.3 Å². The van der Waals surface area contributed by atoms with Gasteiger partial charge in [-0.1, -0.05) is 48.5 Å². The van der Waals surface area contributed by atoms with E-state index in [-0.39, 0.29) is 43.4 Å². The lowest BCUT2D eigenvalue weighted by molar-refractivity contribution is -0.137. The third kappa shape index (κ3) is 5.07. The lowest BCUT2D eigenvalue weighted by atomic mass is 9.98. The smallest absolute Gasteiger partial charge is 0.407 e. The predicted octanol–water partition coefficient (Wildman–Crippen LogP) is 2.97. The van der Waals surface area contributed by atoms with E-state index in [2.05, 4.69) is 27.7 Å². The molecule has 1 fully saturated rings. The molecule has 8 heteroatoms. The third-order valence-corrected chi connectivity index (χ3v) is 7.00. The maximum atomic E-state index is 12.9. The van der Waals surface area contributed by atoms with Crippen LogP contribution in [0.25, 0.3) is 11.1 Å². The zero-order valence-electron chi connectivity index (χ0n) is 19.5. The minimum absolute atomic E-state index is 0.0116. The van der Waals surface area contributed by atoms with Crippen molar-refractivity contribution in [1.82, 2.24) is 15.5 Å². The van der Waals surface area contributed by atoms with Gasteiger partial charge in [-0.3, -0.25) is 9.59 Å². The second-order valence-electron chi connectivity index (χ2n) is 9.08. The lowest BCUT2D eigenvalue weighted by Crippen LogP contribution is -2.52. The van der Waals surface area contributed by atoms with Crippen molar-refractivity contribution >= 4 is 18.0 Å². The number of alkyl carbamates (subject to hydrolysis) is 1. The number of carboxylic acids is 1. The molecular formula is C26H31N3O5. The van der Waals surface area contributed by atoms with Gasteiger partial charge in [0.1, 0.15) is 12.6 Å². The van der Waals surface area contributed by atoms with Gasteiger partial charge in [0.05, 0.1) is 0 Å². The molecule has 3 unspecified atom stereocenters. The Morgan fingerprint density at radius 1 is 1.09 bits per heavy atom. The number of amides is 2. The second-order valence-corrected chi connectivity index (χ2v) is 9.08. The quantitative estimate of drug-likeness (QED) is 0.553. The molecule has 2 aromatic rings. The molecule has 0 aromatic heterocycles. The van der Waals surface area contributed by atoms with Crippen LogP contribution < -0.4 is 10.6 Å². The van der Waals surface area contributed by atoms with Crippen molar-refractivity contribution in [3.8, 4) is 11.1 Å². The summed E-state index contributed by atoms with van der Waals surface area (Å²) in [5.74, 6) is -1.51. The van der Waals surface area contributed by atoms with E-state index in [9.17, 15) is 14.4 Å². The van der Waals surface area contributed by atoms with Crippen molar-refractivity contribution in [2.24, 2.45) is 0 Å². The fraction of sp³-hybridized carbons (Fsp3) is 0.423. The molecule has 1 aliphatic carbocycles. The first kappa shape index (κ1) is 23.8. The van der Waals surface area contributed by atoms with Crippen LogP contribution in [-0.4, -0.2) is 66.3 Å². The van der Waals surface area contributed by atoms with Crippen LogP contribution in [0.4, 0.5) is 4.79 Å². The topological polar surface area (TPSA) is 108 Å². The van der Waals surface area contributed by atoms with E-state index in [0.29, 0.717) is 0 Å². The molecule has 0 saturated carbocycles. The first-order valence-corrected chi connectivity index (χ1v) is 11.7. The Bertz CT molecular complexity index is 1030. The van der Waals surface area contributed by atoms with Crippen molar-refractivity contribution in [2.45, 2.75) is 50.2 Å². The number of fused-ring (bicyclic) bond motifs is 3. The molecule has 34 heavy (non-hydrogen) atoms. The Hall–Kier alpha value is -3.39. The summed E-state index contributed by atoms with van der Waals surface area (Å²) in [5.41, 5.74) is 4.44. The van der Waals surface area contributed by atoms with Gasteiger partial charge in [-0.05, 0) is 49.1 Å². The van der Waals surface area contributed by atoms with Crippen LogP contribution in [0.5, 0.6) is 0 Å². The van der Waals surface area contributed by atoms with Gasteiger partial charge in [-0.25, -0.2) is 4.79 Å². The van der Waals surface area contributed by atoms with E-state index in [1.54, 1.807) is 0 Å². The molecule has 3 N–H and O–H groups in total. The molecule has 4 rings (SSSR count). The highest BCUT2D eigenvalue weighted by Gasteiger charge is 2.33. The standard InChI is InChI=1S/C26H31N3O5/c1-16-22(13-14-29(16)2)27-25(32)23(11-12-24(30)31)28-26(33)34-15-21-19-9-5-3-7-17(19)18-8-4-6-10-20(18)21/h3-10,16,21-23H,11-15H2,1-2H3,(H,27,32)(H,28,33)(H,30,31). The van der Waals surface area contributed by atoms with Crippen molar-refractivity contribution in [1.29, 1.82) is 0 Å². The van der Waals surface area contributed by atoms with E-state index < -0.39 is 18.1 Å². The number of carboxylic acid groups (broad SMARTS) is 1. The van der Waals surface area contributed by atoms with Gasteiger partial charge in [0.15, 0.2) is 0 Å². The molecule has 1 aliphatic heterocycles. The van der Waals surface area contributed by atoms with Crippen LogP contribution in [0.1, 0.15) is 43.2 Å². The van der Waals surface area contributed by atoms with Crippen LogP contribution >= 0.6 is 0 Å². The highest BCUT2D eigenvalue weighted by molar-refractivity contribution is 5.86. The Balaban J connectivity index is 1.40. The summed E-state index contributed by atoms with van der Waals surface area (Å²) < 4.78 is 5.55. The number of likely N-dealkylation sites (N-methyl/N-ethyl adjacent to an activating group) is 1. The molecule has 2 aromatic carbocycles. The molecular weight excluding hydrogens is 434 g/mol. The van der Waals surface area contributed by atoms with Gasteiger partial charge in [0, 0.05) is 31.0 Å². The third-order valence-electron chi connectivity index (χ3n) is 7.00. The number of nitrogens with one attached hydrogen (secondary N) is 2. The van der Waals surface area contributed by atoms with Crippen molar-refractivity contribution < 1.29 is 24.2 Å². The van der Waals surface area contributed by atoms with Crippen molar-refractivity contribution in [3.63, 3.8) is 0 Å². The Labute approximate surface area is 199 Å². The number of benzene rings is 2. The van der Waals surface area contributed by atoms with Crippen LogP contribution in [0.2, 0.25) is 0 Å². The van der Waals surface area contributed by atoms with E-state index in [4.69, 9.17) is 9.84 Å². The number of carbonyl (C=O) groups excluding carboxylic acids is 2. The summed E-state index contributed by atoms with van der Waals surface area (Å²) >= 11 is 0. The van der Waals surface area contributed by atoms with Gasteiger partial charge < -0.3 is 25.4 Å². The number of hydrogen-bond donors (Lipinski definition) is 3. The van der Waals surface area contributed by atoms with E-state index >= 15 is 0 Å². The average molecular weight is 466 g/mol. The largest absolute Gasteiger partial charge is 0.481 e. The van der Waals surface area contributed by atoms with Gasteiger partial charge in [-0.2, -0.15) is 0 Å². The molecule has 0 radical (unpaired) electrons. The molecule has 1 saturated heterocycles. The van der Waals surface area contributed by atoms with Crippen LogP contribution in [0.3, 0.4) is 0 Å². The molecule has 3 atom stereocenters. The fourth-order valence-corrected chi connectivity index (χ4v) is 4.89. The average Bonchev–Trinajstić information content (AvgIpc) is 3.32. The monoisotopic (exact) mass is 465 g/mol. The normalized spacial score (nSPS) is 20.3. The summed E-state index contributed by atoms with van der Waals surface area (Å²) in [7, 11) is 1.99. The minimum Gasteiger partial charge on any atom is -0.481 e. The maximum Gasteiger partial charge on any atom is 0.407 e. The van der Waals surface area contributed by atoms with E-state index in [1.165, 1.54) is 0 Å². The van der Waals surface area contributed by atoms with Gasteiger partial charge in [-0.15, -0.1) is 0 Å². The molecule has 0 spiro atoms. The van der Waals surface area contributed by atoms with Crippen LogP contribution in [0, 0.1) is 0 Å². The first-order chi connectivity index (χ1) is 16.3. The number of hydrogen-bond acceptors (Lipinski definition) is 5. The van der Waals surface area contributed by atoms with Crippen molar-refractivity contribution in [2.75, 3.05) is 20.2 Å². The summed E-state index contributed by atoms with van der Waals surface area (Å²) in [6.45, 7) is 3.02. The van der Waals surface area contributed by atoms with Gasteiger partial charge >= 0.3 is 12.1 Å². The highest BCUT2D eigenvalue weighted by Crippen LogP contribution is 2.44. The lowest BCUT2D eigenvalue weighted by Gasteiger charge is -2.24. The summed E-state index contributed by atoms with van der Waals surface area (Å²) in [6, 6.07) is 15.2. The van der Waals surface area contributed by atoms with E-state index in [1.807, 2.05) is 50.4 Å². The molecule has 2 aliphatic rings. The Morgan fingerprint density at radius 3 is 2.26 bits per heavy atom. The molecule has 1 heterocycles. The maximum absolute atomic E-state index is 12.9. The molecule has 180 valence electrons. The minimum atomic E-state index is -1.03. The number of likely N-dealkylation sites (tertiary alicyclic amines) is 1. The summed E-state index contributed by atoms with van der Waals surface area (Å²) in [4.78, 5) is 38.8. The molecule has 0 bridgehead atoms. The van der Waals surface area contributed by atoms with Gasteiger partial charge in [0.2, 0.25) is 5.91 Å². The second kappa shape index (κ2) is 10.3. The Kier molecular flexibility index (Phi) is 7.17. The van der Waals surface area contributed by atoms with Crippen molar-refractivity contribution in [3.05, 3.63) is 59.7 Å². The zero-order valence-corrected chi connectivity index (χ0v) is 19.5. The number of rotatable bonds is 8. The number of nitrogens with zero attached hydrogens (tertiary/aromatic N) is 1. The zero-order chi connectivity index (χ0) is 24.2. The van der Waals surface area contributed by atoms with Crippen LogP contribution in [0.15, 0.2) is 48.5 Å². The molecule has 2 amide bonds. The fourth-order valence-electron chi connectivity index (χ4n) is 4.89. The number of ether oxygens (including phenoxy) is 1. The SMILES string of the molecule is CC1C(NC(=O)C(CCC(=O)O)NC(=O)OCC2c3ccccc3-c3ccccc32)CCN1C. The Morgan fingerprint density at radius 2 is 1.71 bits per heavy atom. The number of carbonyl (C=O) groups is 3.